The molecule has 0 radical (unpaired) electrons. The Bertz CT molecular complexity index is 889. The number of carbonyl (C=O) groups is 5. The van der Waals surface area contributed by atoms with Crippen LogP contribution in [0.3, 0.4) is 0 Å². The van der Waals surface area contributed by atoms with Gasteiger partial charge in [0.05, 0.1) is 108 Å². The highest BCUT2D eigenvalue weighted by atomic mass is 16.5. The number of hydrogen-bond acceptors (Lipinski definition) is 16. The predicted molar refractivity (Wildman–Crippen MR) is 165 cm³/mol. The van der Waals surface area contributed by atoms with Crippen LogP contribution in [0, 0.1) is 16.2 Å². The lowest BCUT2D eigenvalue weighted by atomic mass is 9.91. The smallest absolute Gasteiger partial charge is 0.331 e. The van der Waals surface area contributed by atoms with E-state index in [0.717, 1.165) is 6.08 Å². The van der Waals surface area contributed by atoms with Crippen LogP contribution in [0.25, 0.3) is 0 Å². The SMILES string of the molecule is C=C(CC(=O)O)C(=O)O.C=C(CC(=O)O)C(=O)O.C=CC(=O)O.OCC(CO)(CO)CO.OCC(CO)(CO)COCC(CO)(CO)CO. The topological polar surface area (TPSA) is 398 Å². The maximum absolute atomic E-state index is 9.87. The van der Waals surface area contributed by atoms with Gasteiger partial charge < -0.3 is 81.3 Å². The van der Waals surface area contributed by atoms with E-state index in [1.165, 1.54) is 0 Å². The first kappa shape index (κ1) is 54.6. The highest BCUT2D eigenvalue weighted by Crippen LogP contribution is 2.19. The summed E-state index contributed by atoms with van der Waals surface area (Å²) in [6.07, 6.45) is -0.176. The quantitative estimate of drug-likeness (QED) is 0.0495. The molecular weight excluding hydrogens is 672 g/mol. The molecule has 0 heterocycles. The fraction of sp³-hybridized carbons (Fsp3) is 0.607. The summed E-state index contributed by atoms with van der Waals surface area (Å²) in [4.78, 5) is 48.6. The zero-order chi connectivity index (χ0) is 39.9. The van der Waals surface area contributed by atoms with Crippen molar-refractivity contribution in [2.24, 2.45) is 16.2 Å². The summed E-state index contributed by atoms with van der Waals surface area (Å²) in [5.41, 5.74) is -4.04. The van der Waals surface area contributed by atoms with Crippen molar-refractivity contribution in [1.82, 2.24) is 0 Å². The zero-order valence-electron chi connectivity index (χ0n) is 26.8. The summed E-state index contributed by atoms with van der Waals surface area (Å²) >= 11 is 0. The Hall–Kier alpha value is -3.87. The number of aliphatic hydroxyl groups excluding tert-OH is 10. The van der Waals surface area contributed by atoms with E-state index in [4.69, 9.17) is 81.3 Å². The lowest BCUT2D eigenvalue weighted by Gasteiger charge is -2.31. The molecule has 0 aliphatic rings. The second-order valence-electron chi connectivity index (χ2n) is 10.1. The molecule has 0 bridgehead atoms. The Kier molecular flexibility index (Phi) is 35.0. The summed E-state index contributed by atoms with van der Waals surface area (Å²) < 4.78 is 5.15. The Labute approximate surface area is 280 Å². The molecule has 288 valence electrons. The van der Waals surface area contributed by atoms with Crippen molar-refractivity contribution in [3.63, 3.8) is 0 Å². The van der Waals surface area contributed by atoms with Gasteiger partial charge in [0, 0.05) is 17.2 Å². The molecule has 0 fully saturated rings. The van der Waals surface area contributed by atoms with E-state index in [-0.39, 0.29) is 24.4 Å². The lowest BCUT2D eigenvalue weighted by Crippen LogP contribution is -2.43. The van der Waals surface area contributed by atoms with E-state index in [0.29, 0.717) is 0 Å². The highest BCUT2D eigenvalue weighted by Gasteiger charge is 2.33. The van der Waals surface area contributed by atoms with Crippen LogP contribution in [0.4, 0.5) is 0 Å². The number of aliphatic hydroxyl groups is 10. The van der Waals surface area contributed by atoms with Gasteiger partial charge in [-0.05, 0) is 0 Å². The van der Waals surface area contributed by atoms with Crippen molar-refractivity contribution in [3.8, 4) is 0 Å². The van der Waals surface area contributed by atoms with Crippen molar-refractivity contribution < 1.29 is 105 Å². The van der Waals surface area contributed by atoms with E-state index in [2.05, 4.69) is 19.7 Å². The van der Waals surface area contributed by atoms with Crippen LogP contribution < -0.4 is 0 Å². The van der Waals surface area contributed by atoms with E-state index in [9.17, 15) is 24.0 Å². The molecule has 15 N–H and O–H groups in total. The van der Waals surface area contributed by atoms with Crippen LogP contribution in [0.15, 0.2) is 37.0 Å². The monoisotopic (exact) mass is 722 g/mol. The molecule has 0 atom stereocenters. The van der Waals surface area contributed by atoms with Gasteiger partial charge in [-0.1, -0.05) is 19.7 Å². The third kappa shape index (κ3) is 28.8. The molecule has 0 aliphatic heterocycles. The number of carboxylic acids is 5. The summed E-state index contributed by atoms with van der Waals surface area (Å²) in [6, 6.07) is 0. The number of carboxylic acid groups (broad SMARTS) is 5. The van der Waals surface area contributed by atoms with Gasteiger partial charge in [0.15, 0.2) is 0 Å². The minimum atomic E-state index is -1.27. The molecule has 0 aliphatic carbocycles. The number of aliphatic carboxylic acids is 5. The minimum Gasteiger partial charge on any atom is -0.481 e. The standard InChI is InChI=1S/C10H22O7.C5H12O4.2C5H6O4.C3H4O2/c11-1-9(2-12,3-13)7-17-8-10(4-14,5-15)6-16;6-1-5(2-7,3-8)4-9;2*1-3(5(8)9)2-4(6)7;1-2-3(4)5/h11-16H,1-8H2;6-9H,1-4H2;2*1-2H2,(H,6,7)(H,8,9);2H,1H2,(H,4,5). The molecule has 0 unspecified atom stereocenters. The van der Waals surface area contributed by atoms with E-state index >= 15 is 0 Å². The minimum absolute atomic E-state index is 0.141. The van der Waals surface area contributed by atoms with Crippen molar-refractivity contribution in [2.45, 2.75) is 12.8 Å². The Balaban J connectivity index is -0.000000175. The van der Waals surface area contributed by atoms with Gasteiger partial charge >= 0.3 is 29.8 Å². The summed E-state index contributed by atoms with van der Waals surface area (Å²) in [5, 5.41) is 128. The van der Waals surface area contributed by atoms with Crippen molar-refractivity contribution in [3.05, 3.63) is 37.0 Å². The van der Waals surface area contributed by atoms with Gasteiger partial charge in [-0.25, -0.2) is 14.4 Å². The molecule has 21 heteroatoms. The molecule has 21 nitrogen and oxygen atoms in total. The van der Waals surface area contributed by atoms with E-state index < -0.39 is 125 Å². The lowest BCUT2D eigenvalue weighted by molar-refractivity contribution is -0.139. The van der Waals surface area contributed by atoms with Crippen molar-refractivity contribution >= 4 is 29.8 Å². The first-order valence-corrected chi connectivity index (χ1v) is 13.4. The average Bonchev–Trinajstić information content (AvgIpc) is 3.07. The molecule has 0 aromatic rings. The third-order valence-electron chi connectivity index (χ3n) is 5.68. The van der Waals surface area contributed by atoms with Crippen LogP contribution in [-0.4, -0.2) is 186 Å². The Morgan fingerprint density at radius 1 is 0.469 bits per heavy atom. The van der Waals surface area contributed by atoms with Gasteiger partial charge in [0.25, 0.3) is 0 Å². The molecule has 0 rings (SSSR count). The number of ether oxygens (including phenoxy) is 1. The molecule has 0 aromatic carbocycles. The molecule has 0 amide bonds. The van der Waals surface area contributed by atoms with Crippen LogP contribution in [0.2, 0.25) is 0 Å². The van der Waals surface area contributed by atoms with E-state index in [1.54, 1.807) is 0 Å². The van der Waals surface area contributed by atoms with Crippen LogP contribution in [0.5, 0.6) is 0 Å². The van der Waals surface area contributed by atoms with Gasteiger partial charge in [-0.2, -0.15) is 0 Å². The van der Waals surface area contributed by atoms with Crippen LogP contribution in [-0.2, 0) is 28.7 Å². The summed E-state index contributed by atoms with van der Waals surface area (Å²) in [5.74, 6) is -5.87. The van der Waals surface area contributed by atoms with Gasteiger partial charge in [0.1, 0.15) is 0 Å². The first-order valence-electron chi connectivity index (χ1n) is 13.4. The zero-order valence-corrected chi connectivity index (χ0v) is 26.8. The molecule has 0 saturated heterocycles. The maximum atomic E-state index is 9.87. The molecule has 0 spiro atoms. The number of hydrogen-bond donors (Lipinski definition) is 15. The maximum Gasteiger partial charge on any atom is 0.331 e. The van der Waals surface area contributed by atoms with Gasteiger partial charge in [-0.3, -0.25) is 9.59 Å². The first-order chi connectivity index (χ1) is 22.7. The highest BCUT2D eigenvalue weighted by molar-refractivity contribution is 5.91. The second kappa shape index (κ2) is 31.4. The normalized spacial score (nSPS) is 10.5. The second-order valence-corrected chi connectivity index (χ2v) is 10.1. The summed E-state index contributed by atoms with van der Waals surface area (Å²) in [7, 11) is 0. The predicted octanol–water partition coefficient (Wildman–Crippen LogP) is -4.67. The Morgan fingerprint density at radius 3 is 0.755 bits per heavy atom. The van der Waals surface area contributed by atoms with Gasteiger partial charge in [-0.15, -0.1) is 0 Å². The fourth-order valence-corrected chi connectivity index (χ4v) is 1.87. The third-order valence-corrected chi connectivity index (χ3v) is 5.68. The molecular formula is C28H50O21. The molecule has 0 saturated carbocycles. The summed E-state index contributed by atoms with van der Waals surface area (Å²) in [6.45, 7) is 4.36. The molecule has 0 aromatic heterocycles. The van der Waals surface area contributed by atoms with Crippen LogP contribution in [0.1, 0.15) is 12.8 Å². The Morgan fingerprint density at radius 2 is 0.673 bits per heavy atom. The fourth-order valence-electron chi connectivity index (χ4n) is 1.87. The van der Waals surface area contributed by atoms with Crippen molar-refractivity contribution in [2.75, 3.05) is 79.3 Å². The van der Waals surface area contributed by atoms with Crippen molar-refractivity contribution in [1.29, 1.82) is 0 Å². The van der Waals surface area contributed by atoms with Crippen LogP contribution >= 0.6 is 0 Å². The largest absolute Gasteiger partial charge is 0.481 e. The average molecular weight is 723 g/mol. The number of rotatable bonds is 21. The molecule has 49 heavy (non-hydrogen) atoms. The van der Waals surface area contributed by atoms with Gasteiger partial charge in [0.2, 0.25) is 0 Å². The van der Waals surface area contributed by atoms with E-state index in [1.807, 2.05) is 0 Å².